The third-order valence-corrected chi connectivity index (χ3v) is 5.23. The largest absolute Gasteiger partial charge is 0.493 e. The van der Waals surface area contributed by atoms with Crippen molar-refractivity contribution >= 4 is 11.6 Å². The van der Waals surface area contributed by atoms with Crippen LogP contribution in [0.1, 0.15) is 27.7 Å². The Balaban J connectivity index is 1.74. The number of rotatable bonds is 6. The average Bonchev–Trinajstić information content (AvgIpc) is 2.78. The van der Waals surface area contributed by atoms with Crippen LogP contribution in [0.4, 0.5) is 5.69 Å². The molecule has 1 aliphatic rings. The lowest BCUT2D eigenvalue weighted by molar-refractivity contribution is 0.0683. The van der Waals surface area contributed by atoms with Gasteiger partial charge in [0.1, 0.15) is 6.17 Å². The van der Waals surface area contributed by atoms with Crippen LogP contribution in [0.25, 0.3) is 0 Å². The molecule has 1 aliphatic heterocycles. The van der Waals surface area contributed by atoms with Gasteiger partial charge in [-0.05, 0) is 30.2 Å². The van der Waals surface area contributed by atoms with E-state index < -0.39 is 0 Å². The van der Waals surface area contributed by atoms with Crippen LogP contribution < -0.4 is 14.8 Å². The minimum Gasteiger partial charge on any atom is -0.493 e. The number of carbonyl (C=O) groups excluding carboxylic acids is 1. The summed E-state index contributed by atoms with van der Waals surface area (Å²) in [6.45, 7) is 0.579. The van der Waals surface area contributed by atoms with E-state index in [1.54, 1.807) is 14.2 Å². The number of ether oxygens (including phenoxy) is 2. The number of anilines is 1. The summed E-state index contributed by atoms with van der Waals surface area (Å²) in [5, 5.41) is 3.53. The number of nitrogens with zero attached hydrogens (tertiary/aromatic N) is 1. The number of amides is 1. The first kappa shape index (κ1) is 18.9. The molecule has 1 atom stereocenters. The van der Waals surface area contributed by atoms with Crippen LogP contribution in [0.2, 0.25) is 0 Å². The molecule has 148 valence electrons. The summed E-state index contributed by atoms with van der Waals surface area (Å²) < 4.78 is 11.1. The van der Waals surface area contributed by atoms with Gasteiger partial charge in [-0.1, -0.05) is 54.6 Å². The minimum absolute atomic E-state index is 0.00477. The normalized spacial score (nSPS) is 15.4. The van der Waals surface area contributed by atoms with E-state index in [-0.39, 0.29) is 12.1 Å². The molecule has 5 heteroatoms. The van der Waals surface area contributed by atoms with Crippen LogP contribution in [-0.2, 0) is 6.42 Å². The van der Waals surface area contributed by atoms with Crippen LogP contribution >= 0.6 is 0 Å². The molecule has 3 aromatic rings. The number of nitrogens with one attached hydrogen (secondary N) is 1. The Hall–Kier alpha value is -3.47. The maximum absolute atomic E-state index is 13.4. The molecule has 0 fully saturated rings. The number of benzene rings is 3. The lowest BCUT2D eigenvalue weighted by atomic mass is 10.0. The maximum Gasteiger partial charge on any atom is 0.257 e. The highest BCUT2D eigenvalue weighted by molar-refractivity contribution is 6.01. The first-order valence-electron chi connectivity index (χ1n) is 9.64. The molecule has 0 saturated heterocycles. The molecule has 0 saturated carbocycles. The molecule has 29 heavy (non-hydrogen) atoms. The molecular formula is C24H24N2O3. The van der Waals surface area contributed by atoms with Gasteiger partial charge in [0.05, 0.1) is 19.8 Å². The zero-order valence-electron chi connectivity index (χ0n) is 16.6. The lowest BCUT2D eigenvalue weighted by Crippen LogP contribution is -2.44. The molecule has 0 aliphatic carbocycles. The van der Waals surface area contributed by atoms with Crippen molar-refractivity contribution < 1.29 is 14.3 Å². The topological polar surface area (TPSA) is 50.8 Å². The van der Waals surface area contributed by atoms with E-state index in [9.17, 15) is 4.79 Å². The van der Waals surface area contributed by atoms with E-state index in [0.717, 1.165) is 17.7 Å². The second-order valence-electron chi connectivity index (χ2n) is 6.91. The van der Waals surface area contributed by atoms with Crippen molar-refractivity contribution in [2.45, 2.75) is 12.6 Å². The number of methoxy groups -OCH3 is 2. The predicted octanol–water partition coefficient (Wildman–Crippen LogP) is 4.51. The third kappa shape index (κ3) is 3.63. The Labute approximate surface area is 170 Å². The fourth-order valence-corrected chi connectivity index (χ4v) is 3.79. The van der Waals surface area contributed by atoms with Crippen LogP contribution in [0.5, 0.6) is 11.5 Å². The molecule has 0 spiro atoms. The number of hydrogen-bond donors (Lipinski definition) is 1. The van der Waals surface area contributed by atoms with E-state index in [1.807, 2.05) is 65.6 Å². The predicted molar refractivity (Wildman–Crippen MR) is 114 cm³/mol. The number of para-hydroxylation sites is 2. The highest BCUT2D eigenvalue weighted by atomic mass is 16.5. The van der Waals surface area contributed by atoms with Crippen LogP contribution in [-0.4, -0.2) is 31.6 Å². The summed E-state index contributed by atoms with van der Waals surface area (Å²) in [4.78, 5) is 15.3. The van der Waals surface area contributed by atoms with Gasteiger partial charge in [0, 0.05) is 17.8 Å². The van der Waals surface area contributed by atoms with E-state index in [1.165, 1.54) is 5.56 Å². The summed E-state index contributed by atoms with van der Waals surface area (Å²) in [7, 11) is 3.23. The number of hydrogen-bond acceptors (Lipinski definition) is 4. The van der Waals surface area contributed by atoms with Crippen LogP contribution in [0, 0.1) is 0 Å². The Bertz CT molecular complexity index is 1000. The van der Waals surface area contributed by atoms with Gasteiger partial charge in [0.25, 0.3) is 5.91 Å². The number of fused-ring (bicyclic) bond motifs is 1. The molecule has 0 aromatic heterocycles. The second kappa shape index (κ2) is 8.27. The molecule has 0 radical (unpaired) electrons. The molecule has 1 N–H and O–H groups in total. The standard InChI is InChI=1S/C24H24N2O3/c1-28-21-14-8-12-19(22(21)29-2)23-25-20-13-7-6-11-18(20)24(27)26(23)16-15-17-9-4-3-5-10-17/h3-14,23,25H,15-16H2,1-2H3. The molecule has 3 aromatic carbocycles. The van der Waals surface area contributed by atoms with Crippen molar-refractivity contribution in [3.8, 4) is 11.5 Å². The summed E-state index contributed by atoms with van der Waals surface area (Å²) in [6, 6.07) is 23.5. The van der Waals surface area contributed by atoms with Crippen molar-refractivity contribution in [1.82, 2.24) is 4.90 Å². The molecular weight excluding hydrogens is 364 g/mol. The van der Waals surface area contributed by atoms with Crippen LogP contribution in [0.15, 0.2) is 72.8 Å². The molecule has 1 amide bonds. The third-order valence-electron chi connectivity index (χ3n) is 5.23. The highest BCUT2D eigenvalue weighted by Crippen LogP contribution is 2.40. The minimum atomic E-state index is -0.355. The molecule has 5 nitrogen and oxygen atoms in total. The molecule has 4 rings (SSSR count). The summed E-state index contributed by atoms with van der Waals surface area (Å²) >= 11 is 0. The average molecular weight is 388 g/mol. The zero-order chi connectivity index (χ0) is 20.2. The van der Waals surface area contributed by atoms with E-state index in [0.29, 0.717) is 23.6 Å². The van der Waals surface area contributed by atoms with Crippen molar-refractivity contribution in [2.75, 3.05) is 26.1 Å². The Morgan fingerprint density at radius 3 is 2.41 bits per heavy atom. The monoisotopic (exact) mass is 388 g/mol. The SMILES string of the molecule is COc1cccc(C2Nc3ccccc3C(=O)N2CCc2ccccc2)c1OC. The van der Waals surface area contributed by atoms with Gasteiger partial charge < -0.3 is 19.7 Å². The van der Waals surface area contributed by atoms with Gasteiger partial charge in [-0.3, -0.25) is 4.79 Å². The smallest absolute Gasteiger partial charge is 0.257 e. The summed E-state index contributed by atoms with van der Waals surface area (Å²) in [6.07, 6.45) is 0.408. The maximum atomic E-state index is 13.4. The van der Waals surface area contributed by atoms with Gasteiger partial charge >= 0.3 is 0 Å². The van der Waals surface area contributed by atoms with Gasteiger partial charge in [0.15, 0.2) is 11.5 Å². The van der Waals surface area contributed by atoms with Crippen molar-refractivity contribution in [3.63, 3.8) is 0 Å². The van der Waals surface area contributed by atoms with Crippen molar-refractivity contribution in [1.29, 1.82) is 0 Å². The van der Waals surface area contributed by atoms with Gasteiger partial charge in [0.2, 0.25) is 0 Å². The van der Waals surface area contributed by atoms with Gasteiger partial charge in [-0.25, -0.2) is 0 Å². The lowest BCUT2D eigenvalue weighted by Gasteiger charge is -2.38. The van der Waals surface area contributed by atoms with E-state index in [4.69, 9.17) is 9.47 Å². The van der Waals surface area contributed by atoms with E-state index >= 15 is 0 Å². The first-order valence-corrected chi connectivity index (χ1v) is 9.64. The van der Waals surface area contributed by atoms with Gasteiger partial charge in [-0.2, -0.15) is 0 Å². The fraction of sp³-hybridized carbons (Fsp3) is 0.208. The summed E-state index contributed by atoms with van der Waals surface area (Å²) in [5.74, 6) is 1.27. The fourth-order valence-electron chi connectivity index (χ4n) is 3.79. The van der Waals surface area contributed by atoms with Gasteiger partial charge in [-0.15, -0.1) is 0 Å². The first-order chi connectivity index (χ1) is 14.2. The zero-order valence-corrected chi connectivity index (χ0v) is 16.6. The van der Waals surface area contributed by atoms with E-state index in [2.05, 4.69) is 17.4 Å². The van der Waals surface area contributed by atoms with Crippen molar-refractivity contribution in [3.05, 3.63) is 89.5 Å². The van der Waals surface area contributed by atoms with Crippen molar-refractivity contribution in [2.24, 2.45) is 0 Å². The Morgan fingerprint density at radius 2 is 1.66 bits per heavy atom. The highest BCUT2D eigenvalue weighted by Gasteiger charge is 2.34. The second-order valence-corrected chi connectivity index (χ2v) is 6.91. The molecule has 1 heterocycles. The Kier molecular flexibility index (Phi) is 5.38. The van der Waals surface area contributed by atoms with Crippen LogP contribution in [0.3, 0.4) is 0 Å². The molecule has 1 unspecified atom stereocenters. The Morgan fingerprint density at radius 1 is 0.897 bits per heavy atom. The number of carbonyl (C=O) groups is 1. The quantitative estimate of drug-likeness (QED) is 0.675. The molecule has 0 bridgehead atoms. The summed E-state index contributed by atoms with van der Waals surface area (Å²) in [5.41, 5.74) is 3.56.